The average molecular weight is 338 g/mol. The Kier molecular flexibility index (Phi) is 4.44. The minimum absolute atomic E-state index is 0.220. The number of rotatable bonds is 4. The molecule has 2 heterocycles. The van der Waals surface area contributed by atoms with Gasteiger partial charge in [0.15, 0.2) is 6.20 Å². The first-order valence-corrected chi connectivity index (χ1v) is 9.95. The van der Waals surface area contributed by atoms with Gasteiger partial charge in [-0.05, 0) is 18.9 Å². The third-order valence-corrected chi connectivity index (χ3v) is 6.65. The molecule has 0 N–H and O–H groups in total. The Balaban J connectivity index is 1.78. The van der Waals surface area contributed by atoms with Gasteiger partial charge in [0, 0.05) is 23.4 Å². The van der Waals surface area contributed by atoms with Crippen molar-refractivity contribution in [3.05, 3.63) is 45.7 Å². The zero-order valence-corrected chi connectivity index (χ0v) is 13.8. The number of hydrogen-bond acceptors (Lipinski definition) is 5. The van der Waals surface area contributed by atoms with Gasteiger partial charge in [-0.1, -0.05) is 19.3 Å². The molecule has 22 heavy (non-hydrogen) atoms. The summed E-state index contributed by atoms with van der Waals surface area (Å²) in [6.45, 7) is 0. The number of thiazole rings is 1. The van der Waals surface area contributed by atoms with E-state index in [9.17, 15) is 13.6 Å². The van der Waals surface area contributed by atoms with Crippen molar-refractivity contribution in [1.29, 1.82) is 0 Å². The van der Waals surface area contributed by atoms with Crippen LogP contribution in [0.1, 0.15) is 48.7 Å². The quantitative estimate of drug-likeness (QED) is 0.635. The highest BCUT2D eigenvalue weighted by molar-refractivity contribution is 7.90. The Bertz CT molecular complexity index is 750. The van der Waals surface area contributed by atoms with Crippen molar-refractivity contribution in [1.82, 2.24) is 4.98 Å². The molecule has 5 nitrogen and oxygen atoms in total. The lowest BCUT2D eigenvalue weighted by atomic mass is 9.90. The van der Waals surface area contributed by atoms with Gasteiger partial charge >= 0.3 is 5.03 Å². The second-order valence-corrected chi connectivity index (χ2v) is 8.46. The van der Waals surface area contributed by atoms with Crippen LogP contribution in [0.2, 0.25) is 0 Å². The molecule has 2 aromatic rings. The summed E-state index contributed by atoms with van der Waals surface area (Å²) in [4.78, 5) is 4.50. The maximum Gasteiger partial charge on any atom is 0.309 e. The molecule has 0 saturated heterocycles. The van der Waals surface area contributed by atoms with Gasteiger partial charge in [0.25, 0.3) is 0 Å². The van der Waals surface area contributed by atoms with E-state index in [0.29, 0.717) is 16.3 Å². The van der Waals surface area contributed by atoms with E-state index < -0.39 is 9.84 Å². The monoisotopic (exact) mass is 338 g/mol. The lowest BCUT2D eigenvalue weighted by Crippen LogP contribution is -2.33. The van der Waals surface area contributed by atoms with E-state index >= 15 is 0 Å². The Morgan fingerprint density at radius 3 is 2.77 bits per heavy atom. The number of aromatic nitrogens is 2. The Morgan fingerprint density at radius 1 is 1.27 bits per heavy atom. The molecule has 1 aliphatic carbocycles. The van der Waals surface area contributed by atoms with Crippen LogP contribution >= 0.6 is 11.3 Å². The van der Waals surface area contributed by atoms with Gasteiger partial charge in [0.1, 0.15) is 5.75 Å². The summed E-state index contributed by atoms with van der Waals surface area (Å²) in [5.41, 5.74) is 0.537. The van der Waals surface area contributed by atoms with Crippen LogP contribution in [0.3, 0.4) is 0 Å². The summed E-state index contributed by atoms with van der Waals surface area (Å²) in [5.74, 6) is 0.249. The zero-order chi connectivity index (χ0) is 15.6. The van der Waals surface area contributed by atoms with Crippen molar-refractivity contribution in [2.24, 2.45) is 0 Å². The predicted molar refractivity (Wildman–Crippen MR) is 84.2 cm³/mol. The van der Waals surface area contributed by atoms with Gasteiger partial charge in [-0.15, -0.1) is 11.3 Å². The van der Waals surface area contributed by atoms with Crippen LogP contribution in [0.5, 0.6) is 0 Å². The van der Waals surface area contributed by atoms with Crippen LogP contribution in [0.15, 0.2) is 34.8 Å². The topological polar surface area (TPSA) is 74.0 Å². The molecule has 0 unspecified atom stereocenters. The Morgan fingerprint density at radius 2 is 2.05 bits per heavy atom. The molecule has 1 fully saturated rings. The second kappa shape index (κ2) is 6.34. The first-order chi connectivity index (χ1) is 10.6. The van der Waals surface area contributed by atoms with Crippen molar-refractivity contribution < 1.29 is 13.1 Å². The van der Waals surface area contributed by atoms with E-state index in [0.717, 1.165) is 17.8 Å². The molecule has 2 aromatic heterocycles. The third-order valence-electron chi connectivity index (χ3n) is 3.97. The molecule has 118 valence electrons. The number of sulfone groups is 1. The molecule has 7 heteroatoms. The van der Waals surface area contributed by atoms with Gasteiger partial charge in [-0.2, -0.15) is 4.73 Å². The van der Waals surface area contributed by atoms with Gasteiger partial charge in [0.2, 0.25) is 9.84 Å². The molecule has 0 spiro atoms. The van der Waals surface area contributed by atoms with Crippen molar-refractivity contribution in [2.75, 3.05) is 0 Å². The van der Waals surface area contributed by atoms with Gasteiger partial charge < -0.3 is 5.21 Å². The molecule has 1 aliphatic rings. The summed E-state index contributed by atoms with van der Waals surface area (Å²) in [6.07, 6.45) is 7.19. The standard InChI is InChI=1S/C15H18N2O3S2/c18-17-9-5-4-8-14(17)22(19,20)11-13-10-21-15(16-13)12-6-2-1-3-7-12/h4-5,8-10,12H,1-3,6-7,11H2. The Labute approximate surface area is 134 Å². The van der Waals surface area contributed by atoms with Crippen molar-refractivity contribution in [3.8, 4) is 0 Å². The third kappa shape index (κ3) is 3.30. The van der Waals surface area contributed by atoms with Gasteiger partial charge in [-0.3, -0.25) is 0 Å². The van der Waals surface area contributed by atoms with Crippen molar-refractivity contribution in [3.63, 3.8) is 0 Å². The van der Waals surface area contributed by atoms with E-state index in [-0.39, 0.29) is 10.8 Å². The van der Waals surface area contributed by atoms with Gasteiger partial charge in [-0.25, -0.2) is 13.4 Å². The smallest absolute Gasteiger partial charge is 0.309 e. The van der Waals surface area contributed by atoms with Crippen LogP contribution in [-0.4, -0.2) is 13.4 Å². The van der Waals surface area contributed by atoms with Gasteiger partial charge in [0.05, 0.1) is 10.7 Å². The van der Waals surface area contributed by atoms with Crippen LogP contribution in [0.25, 0.3) is 0 Å². The molecule has 0 radical (unpaired) electrons. The minimum Gasteiger partial charge on any atom is -0.618 e. The van der Waals surface area contributed by atoms with E-state index in [1.165, 1.54) is 48.9 Å². The molecule has 0 amide bonds. The van der Waals surface area contributed by atoms with Crippen LogP contribution in [0.4, 0.5) is 0 Å². The zero-order valence-electron chi connectivity index (χ0n) is 12.1. The predicted octanol–water partition coefficient (Wildman–Crippen LogP) is 2.80. The first kappa shape index (κ1) is 15.4. The fourth-order valence-corrected chi connectivity index (χ4v) is 5.25. The maximum absolute atomic E-state index is 12.4. The number of nitrogens with zero attached hydrogens (tertiary/aromatic N) is 2. The van der Waals surface area contributed by atoms with E-state index in [4.69, 9.17) is 0 Å². The SMILES string of the molecule is O=S(=O)(Cc1csc(C2CCCCC2)n1)c1cccc[n+]1[O-]. The second-order valence-electron chi connectivity index (χ2n) is 5.64. The minimum atomic E-state index is -3.67. The molecule has 0 atom stereocenters. The van der Waals surface area contributed by atoms with E-state index in [1.54, 1.807) is 11.4 Å². The highest BCUT2D eigenvalue weighted by Gasteiger charge is 2.26. The van der Waals surface area contributed by atoms with E-state index in [1.807, 2.05) is 0 Å². The van der Waals surface area contributed by atoms with E-state index in [2.05, 4.69) is 4.98 Å². The Hall–Kier alpha value is -1.47. The fraction of sp³-hybridized carbons (Fsp3) is 0.467. The lowest BCUT2D eigenvalue weighted by Gasteiger charge is -2.18. The van der Waals surface area contributed by atoms with Crippen LogP contribution in [-0.2, 0) is 15.6 Å². The normalized spacial score (nSPS) is 16.7. The largest absolute Gasteiger partial charge is 0.618 e. The summed E-state index contributed by atoms with van der Waals surface area (Å²) in [7, 11) is -3.67. The fourth-order valence-electron chi connectivity index (χ4n) is 2.85. The molecule has 3 rings (SSSR count). The summed E-state index contributed by atoms with van der Waals surface area (Å²) < 4.78 is 25.1. The maximum atomic E-state index is 12.4. The molecule has 0 aromatic carbocycles. The summed E-state index contributed by atoms with van der Waals surface area (Å²) >= 11 is 1.54. The number of hydrogen-bond donors (Lipinski definition) is 0. The van der Waals surface area contributed by atoms with Crippen LogP contribution in [0, 0.1) is 5.21 Å². The molecular formula is C15H18N2O3S2. The average Bonchev–Trinajstić information content (AvgIpc) is 2.96. The first-order valence-electron chi connectivity index (χ1n) is 7.41. The number of pyridine rings is 1. The van der Waals surface area contributed by atoms with Crippen molar-refractivity contribution >= 4 is 21.2 Å². The summed E-state index contributed by atoms with van der Waals surface area (Å²) in [5, 5.41) is 14.2. The van der Waals surface area contributed by atoms with Crippen LogP contribution < -0.4 is 4.73 Å². The highest BCUT2D eigenvalue weighted by Crippen LogP contribution is 2.34. The molecule has 0 aliphatic heterocycles. The molecule has 1 saturated carbocycles. The summed E-state index contributed by atoms with van der Waals surface area (Å²) in [6, 6.07) is 4.39. The molecule has 0 bridgehead atoms. The lowest BCUT2D eigenvalue weighted by molar-refractivity contribution is -0.646. The van der Waals surface area contributed by atoms with Crippen molar-refractivity contribution in [2.45, 2.75) is 48.8 Å². The highest BCUT2D eigenvalue weighted by atomic mass is 32.2. The molecular weight excluding hydrogens is 320 g/mol.